The number of hydrogen-bond donors (Lipinski definition) is 4. The first-order valence-corrected chi connectivity index (χ1v) is 24.3. The van der Waals surface area contributed by atoms with Crippen molar-refractivity contribution in [2.24, 2.45) is 0 Å². The minimum Gasteiger partial charge on any atom is -0.507 e. The van der Waals surface area contributed by atoms with Crippen molar-refractivity contribution in [3.63, 3.8) is 0 Å². The molecule has 6 rings (SSSR count). The summed E-state index contributed by atoms with van der Waals surface area (Å²) in [6.07, 6.45) is 1.20. The molecule has 0 spiro atoms. The van der Waals surface area contributed by atoms with Crippen LogP contribution in [0.25, 0.3) is 0 Å². The van der Waals surface area contributed by atoms with Crippen LogP contribution in [0.5, 0.6) is 28.7 Å². The SMILES string of the molecule is COC(=O)[C@H](Cc1ccc(OC(C)(C)C)cc1)NC(=O)COc1c2cc(C(C)(C)C)cc1Cc1cc(C(C)(C)C)cc(c1O)Cc1cc(C(C)(C)C)cc(c1O)Cc1cc(C(C)(C)C)cc(c1O)C2. The van der Waals surface area contributed by atoms with Crippen molar-refractivity contribution >= 4 is 11.9 Å². The maximum Gasteiger partial charge on any atom is 0.328 e. The molecule has 5 aromatic carbocycles. The smallest absolute Gasteiger partial charge is 0.328 e. The van der Waals surface area contributed by atoms with E-state index < -0.39 is 24.5 Å². The third kappa shape index (κ3) is 12.8. The Morgan fingerprint density at radius 3 is 1.14 bits per heavy atom. The first-order valence-electron chi connectivity index (χ1n) is 24.3. The van der Waals surface area contributed by atoms with Gasteiger partial charge in [-0.3, -0.25) is 4.79 Å². The van der Waals surface area contributed by atoms with Crippen molar-refractivity contribution in [2.75, 3.05) is 13.7 Å². The molecule has 0 fully saturated rings. The molecule has 9 heteroatoms. The lowest BCUT2D eigenvalue weighted by molar-refractivity contribution is -0.145. The van der Waals surface area contributed by atoms with E-state index in [1.54, 1.807) is 0 Å². The second-order valence-corrected chi connectivity index (χ2v) is 24.3. The number of phenols is 3. The number of hydrogen-bond acceptors (Lipinski definition) is 8. The molecule has 8 bridgehead atoms. The van der Waals surface area contributed by atoms with Gasteiger partial charge in [0, 0.05) is 32.1 Å². The van der Waals surface area contributed by atoms with Crippen LogP contribution < -0.4 is 14.8 Å². The van der Waals surface area contributed by atoms with Crippen molar-refractivity contribution in [1.29, 1.82) is 0 Å². The van der Waals surface area contributed by atoms with Crippen molar-refractivity contribution in [3.8, 4) is 28.7 Å². The third-order valence-corrected chi connectivity index (χ3v) is 13.0. The third-order valence-electron chi connectivity index (χ3n) is 13.0. The Morgan fingerprint density at radius 1 is 0.522 bits per heavy atom. The summed E-state index contributed by atoms with van der Waals surface area (Å²) in [6, 6.07) is 22.9. The van der Waals surface area contributed by atoms with Crippen LogP contribution in [0.2, 0.25) is 0 Å². The van der Waals surface area contributed by atoms with Crippen LogP contribution in [-0.2, 0) is 68.1 Å². The Bertz CT molecular complexity index is 2590. The Kier molecular flexibility index (Phi) is 14.8. The largest absolute Gasteiger partial charge is 0.507 e. The minimum absolute atomic E-state index is 0.125. The molecule has 69 heavy (non-hydrogen) atoms. The minimum atomic E-state index is -0.995. The first kappa shape index (κ1) is 52.4. The van der Waals surface area contributed by atoms with E-state index in [1.807, 2.05) is 81.4 Å². The van der Waals surface area contributed by atoms with E-state index in [0.29, 0.717) is 44.9 Å². The van der Waals surface area contributed by atoms with Gasteiger partial charge >= 0.3 is 5.97 Å². The second kappa shape index (κ2) is 19.4. The van der Waals surface area contributed by atoms with Gasteiger partial charge in [-0.05, 0) is 127 Å². The molecule has 0 unspecified atom stereocenters. The van der Waals surface area contributed by atoms with E-state index in [9.17, 15) is 24.9 Å². The van der Waals surface area contributed by atoms with Gasteiger partial charge in [0.2, 0.25) is 0 Å². The molecule has 5 aromatic rings. The van der Waals surface area contributed by atoms with E-state index >= 15 is 0 Å². The molecule has 0 saturated carbocycles. The normalized spacial score (nSPS) is 13.9. The van der Waals surface area contributed by atoms with Crippen molar-refractivity contribution in [2.45, 2.75) is 169 Å². The summed E-state index contributed by atoms with van der Waals surface area (Å²) in [5.74, 6) is 0.431. The first-order chi connectivity index (χ1) is 31.8. The quantitative estimate of drug-likeness (QED) is 0.111. The molecule has 370 valence electrons. The standard InChI is InChI=1S/C60H77NO8/c1-56(2,3)44-26-36-22-38-28-45(57(4,5)6)30-40(52(38)64)24-42-32-47(59(10,11)12)33-43(25-41-31-46(58(7,8)9)29-39(53(41)65)23-37(27-44)51(36)63)54(42)68-34-50(62)61-49(55(66)67-16)21-35-17-19-48(20-18-35)69-60(13,14)15/h17-20,26-33,49,63-65H,21-25,34H2,1-16H3,(H,61,62)/t49-/m0/s1. The number of benzene rings is 5. The average Bonchev–Trinajstić information content (AvgIpc) is 3.22. The van der Waals surface area contributed by atoms with E-state index in [0.717, 1.165) is 38.9 Å². The van der Waals surface area contributed by atoms with Crippen molar-refractivity contribution in [1.82, 2.24) is 5.32 Å². The van der Waals surface area contributed by atoms with Gasteiger partial charge in [-0.2, -0.15) is 0 Å². The maximum atomic E-state index is 14.1. The Hall–Kier alpha value is -5.96. The Morgan fingerprint density at radius 2 is 0.841 bits per heavy atom. The predicted molar refractivity (Wildman–Crippen MR) is 277 cm³/mol. The number of aromatic hydroxyl groups is 3. The molecule has 1 aliphatic rings. The topological polar surface area (TPSA) is 135 Å². The van der Waals surface area contributed by atoms with Gasteiger partial charge in [-0.1, -0.05) is 144 Å². The monoisotopic (exact) mass is 940 g/mol. The number of phenolic OH excluding ortho intramolecular Hbond substituents is 3. The fourth-order valence-corrected chi connectivity index (χ4v) is 8.84. The molecule has 1 aliphatic carbocycles. The van der Waals surface area contributed by atoms with Gasteiger partial charge < -0.3 is 34.8 Å². The molecular formula is C60H77NO8. The number of esters is 1. The summed E-state index contributed by atoms with van der Waals surface area (Å²) in [5, 5.41) is 39.9. The summed E-state index contributed by atoms with van der Waals surface area (Å²) in [4.78, 5) is 27.3. The molecule has 0 aliphatic heterocycles. The van der Waals surface area contributed by atoms with E-state index in [2.05, 4.69) is 101 Å². The van der Waals surface area contributed by atoms with Crippen molar-refractivity contribution in [3.05, 3.63) is 145 Å². The lowest BCUT2D eigenvalue weighted by Crippen LogP contribution is -2.45. The maximum absolute atomic E-state index is 14.1. The highest BCUT2D eigenvalue weighted by Crippen LogP contribution is 2.43. The second-order valence-electron chi connectivity index (χ2n) is 24.3. The number of carbonyl (C=O) groups excluding carboxylic acids is 2. The van der Waals surface area contributed by atoms with Crippen LogP contribution in [-0.4, -0.2) is 52.6 Å². The number of amides is 1. The molecule has 0 heterocycles. The Labute approximate surface area is 411 Å². The van der Waals surface area contributed by atoms with Crippen molar-refractivity contribution < 1.29 is 39.1 Å². The highest BCUT2D eigenvalue weighted by atomic mass is 16.5. The lowest BCUT2D eigenvalue weighted by atomic mass is 9.79. The van der Waals surface area contributed by atoms with Crippen LogP contribution in [0.1, 0.15) is 176 Å². The molecule has 1 atom stereocenters. The fourth-order valence-electron chi connectivity index (χ4n) is 8.84. The van der Waals surface area contributed by atoms with Crippen LogP contribution in [0.3, 0.4) is 0 Å². The van der Waals surface area contributed by atoms with Gasteiger partial charge in [0.05, 0.1) is 7.11 Å². The zero-order valence-electron chi connectivity index (χ0n) is 44.1. The lowest BCUT2D eigenvalue weighted by Gasteiger charge is -2.27. The molecular weight excluding hydrogens is 863 g/mol. The summed E-state index contributed by atoms with van der Waals surface area (Å²) in [5.41, 5.74) is 8.93. The number of carbonyl (C=O) groups is 2. The van der Waals surface area contributed by atoms with Gasteiger partial charge in [-0.25, -0.2) is 4.79 Å². The van der Waals surface area contributed by atoms with Crippen LogP contribution in [0, 0.1) is 0 Å². The summed E-state index contributed by atoms with van der Waals surface area (Å²) in [7, 11) is 1.30. The number of rotatable bonds is 8. The summed E-state index contributed by atoms with van der Waals surface area (Å²) >= 11 is 0. The number of ether oxygens (including phenoxy) is 3. The summed E-state index contributed by atoms with van der Waals surface area (Å²) in [6.45, 7) is 31.2. The number of nitrogens with one attached hydrogen (secondary N) is 1. The predicted octanol–water partition coefficient (Wildman–Crippen LogP) is 12.1. The fraction of sp³-hybridized carbons (Fsp3) is 0.467. The highest BCUT2D eigenvalue weighted by molar-refractivity contribution is 5.85. The highest BCUT2D eigenvalue weighted by Gasteiger charge is 2.29. The van der Waals surface area contributed by atoms with Crippen LogP contribution in [0.15, 0.2) is 72.8 Å². The average molecular weight is 940 g/mol. The molecule has 0 radical (unpaired) electrons. The molecule has 1 amide bonds. The zero-order chi connectivity index (χ0) is 51.2. The van der Waals surface area contributed by atoms with Gasteiger partial charge in [0.1, 0.15) is 40.4 Å². The molecule has 4 N–H and O–H groups in total. The van der Waals surface area contributed by atoms with Crippen LogP contribution >= 0.6 is 0 Å². The van der Waals surface area contributed by atoms with Gasteiger partial charge in [0.15, 0.2) is 6.61 Å². The molecule has 9 nitrogen and oxygen atoms in total. The molecule has 0 aromatic heterocycles. The van der Waals surface area contributed by atoms with Crippen LogP contribution in [0.4, 0.5) is 0 Å². The molecule has 0 saturated heterocycles. The number of methoxy groups -OCH3 is 1. The van der Waals surface area contributed by atoms with Gasteiger partial charge in [-0.15, -0.1) is 0 Å². The van der Waals surface area contributed by atoms with Gasteiger partial charge in [0.25, 0.3) is 5.91 Å². The van der Waals surface area contributed by atoms with E-state index in [4.69, 9.17) is 14.2 Å². The van der Waals surface area contributed by atoms with E-state index in [1.165, 1.54) is 7.11 Å². The summed E-state index contributed by atoms with van der Waals surface area (Å²) < 4.78 is 17.8. The Balaban J connectivity index is 1.53. The zero-order valence-corrected chi connectivity index (χ0v) is 44.1. The number of fused-ring (bicyclic) bond motifs is 8. The van der Waals surface area contributed by atoms with E-state index in [-0.39, 0.29) is 76.6 Å².